The van der Waals surface area contributed by atoms with E-state index in [-0.39, 0.29) is 0 Å². The summed E-state index contributed by atoms with van der Waals surface area (Å²) in [6.45, 7) is 6.41. The SMILES string of the molecule is CC(C)CCN(CC(=O)C1CCCCC1)C1CC1. The Morgan fingerprint density at radius 3 is 2.33 bits per heavy atom. The summed E-state index contributed by atoms with van der Waals surface area (Å²) in [4.78, 5) is 14.8. The number of rotatable bonds is 7. The molecule has 0 aliphatic heterocycles. The minimum absolute atomic E-state index is 0.388. The van der Waals surface area contributed by atoms with Crippen molar-refractivity contribution in [3.05, 3.63) is 0 Å². The topological polar surface area (TPSA) is 20.3 Å². The molecule has 0 N–H and O–H groups in total. The van der Waals surface area contributed by atoms with Crippen molar-refractivity contribution in [2.24, 2.45) is 11.8 Å². The van der Waals surface area contributed by atoms with Gasteiger partial charge in [-0.05, 0) is 44.6 Å². The molecule has 2 rings (SSSR count). The van der Waals surface area contributed by atoms with Crippen LogP contribution in [0.5, 0.6) is 0 Å². The largest absolute Gasteiger partial charge is 0.298 e. The lowest BCUT2D eigenvalue weighted by molar-refractivity contribution is -0.125. The highest BCUT2D eigenvalue weighted by molar-refractivity contribution is 5.83. The van der Waals surface area contributed by atoms with Crippen molar-refractivity contribution in [3.8, 4) is 0 Å². The van der Waals surface area contributed by atoms with E-state index < -0.39 is 0 Å². The molecule has 0 radical (unpaired) electrons. The first-order valence-corrected chi connectivity index (χ1v) is 7.93. The third-order valence-corrected chi connectivity index (χ3v) is 4.48. The van der Waals surface area contributed by atoms with Crippen LogP contribution in [0, 0.1) is 11.8 Å². The average molecular weight is 251 g/mol. The summed E-state index contributed by atoms with van der Waals surface area (Å²) < 4.78 is 0. The predicted octanol–water partition coefficient (Wildman–Crippen LogP) is 3.65. The predicted molar refractivity (Wildman–Crippen MR) is 75.6 cm³/mol. The van der Waals surface area contributed by atoms with Gasteiger partial charge >= 0.3 is 0 Å². The highest BCUT2D eigenvalue weighted by Gasteiger charge is 2.31. The molecule has 18 heavy (non-hydrogen) atoms. The van der Waals surface area contributed by atoms with Crippen molar-refractivity contribution in [2.45, 2.75) is 71.3 Å². The van der Waals surface area contributed by atoms with Crippen molar-refractivity contribution >= 4 is 5.78 Å². The summed E-state index contributed by atoms with van der Waals surface area (Å²) in [6, 6.07) is 0.733. The second-order valence-electron chi connectivity index (χ2n) is 6.69. The van der Waals surface area contributed by atoms with Gasteiger partial charge in [-0.1, -0.05) is 33.1 Å². The fraction of sp³-hybridized carbons (Fsp3) is 0.938. The molecule has 0 unspecified atom stereocenters. The summed E-state index contributed by atoms with van der Waals surface area (Å²) in [7, 11) is 0. The number of hydrogen-bond acceptors (Lipinski definition) is 2. The Bertz CT molecular complexity index is 264. The maximum atomic E-state index is 12.3. The van der Waals surface area contributed by atoms with Gasteiger partial charge in [-0.2, -0.15) is 0 Å². The van der Waals surface area contributed by atoms with Crippen LogP contribution < -0.4 is 0 Å². The Labute approximate surface area is 112 Å². The van der Waals surface area contributed by atoms with Crippen LogP contribution in [0.15, 0.2) is 0 Å². The quantitative estimate of drug-likeness (QED) is 0.688. The summed E-state index contributed by atoms with van der Waals surface area (Å²) in [5.74, 6) is 1.67. The number of hydrogen-bond donors (Lipinski definition) is 0. The number of carbonyl (C=O) groups excluding carboxylic acids is 1. The Morgan fingerprint density at radius 1 is 1.11 bits per heavy atom. The summed E-state index contributed by atoms with van der Waals surface area (Å²) in [6.07, 6.45) is 10.0. The molecule has 2 aliphatic carbocycles. The molecule has 2 aliphatic rings. The third kappa shape index (κ3) is 4.38. The maximum absolute atomic E-state index is 12.3. The molecule has 0 spiro atoms. The van der Waals surface area contributed by atoms with E-state index in [9.17, 15) is 4.79 Å². The Hall–Kier alpha value is -0.370. The van der Waals surface area contributed by atoms with E-state index in [4.69, 9.17) is 0 Å². The second-order valence-corrected chi connectivity index (χ2v) is 6.69. The molecule has 0 aromatic carbocycles. The van der Waals surface area contributed by atoms with Crippen LogP contribution in [-0.4, -0.2) is 29.8 Å². The second kappa shape index (κ2) is 6.70. The molecular formula is C16H29NO. The van der Waals surface area contributed by atoms with Crippen LogP contribution >= 0.6 is 0 Å². The van der Waals surface area contributed by atoms with Crippen molar-refractivity contribution in [2.75, 3.05) is 13.1 Å². The van der Waals surface area contributed by atoms with Crippen molar-refractivity contribution < 1.29 is 4.79 Å². The highest BCUT2D eigenvalue weighted by atomic mass is 16.1. The Balaban J connectivity index is 1.78. The average Bonchev–Trinajstić information content (AvgIpc) is 3.19. The number of nitrogens with zero attached hydrogens (tertiary/aromatic N) is 1. The molecule has 0 bridgehead atoms. The zero-order valence-corrected chi connectivity index (χ0v) is 12.2. The van der Waals surface area contributed by atoms with E-state index in [1.54, 1.807) is 0 Å². The first-order valence-electron chi connectivity index (χ1n) is 7.93. The molecule has 2 fully saturated rings. The summed E-state index contributed by atoms with van der Waals surface area (Å²) in [5.41, 5.74) is 0. The zero-order valence-electron chi connectivity index (χ0n) is 12.2. The van der Waals surface area contributed by atoms with E-state index in [0.29, 0.717) is 11.7 Å². The molecule has 0 saturated heterocycles. The first kappa shape index (κ1) is 14.0. The van der Waals surface area contributed by atoms with Crippen LogP contribution in [0.25, 0.3) is 0 Å². The Morgan fingerprint density at radius 2 is 1.78 bits per heavy atom. The molecule has 0 heterocycles. The molecule has 0 aromatic rings. The van der Waals surface area contributed by atoms with Gasteiger partial charge < -0.3 is 0 Å². The van der Waals surface area contributed by atoms with Crippen molar-refractivity contribution in [3.63, 3.8) is 0 Å². The van der Waals surface area contributed by atoms with Gasteiger partial charge in [0.05, 0.1) is 6.54 Å². The van der Waals surface area contributed by atoms with Gasteiger partial charge in [0.15, 0.2) is 0 Å². The molecule has 2 heteroatoms. The van der Waals surface area contributed by atoms with Crippen LogP contribution in [0.1, 0.15) is 65.2 Å². The summed E-state index contributed by atoms with van der Waals surface area (Å²) in [5, 5.41) is 0. The van der Waals surface area contributed by atoms with Gasteiger partial charge in [0.25, 0.3) is 0 Å². The smallest absolute Gasteiger partial charge is 0.149 e. The number of Topliss-reactive ketones (excluding diaryl/α,β-unsaturated/α-hetero) is 1. The fourth-order valence-electron chi connectivity index (χ4n) is 3.01. The number of ketones is 1. The third-order valence-electron chi connectivity index (χ3n) is 4.48. The monoisotopic (exact) mass is 251 g/mol. The minimum Gasteiger partial charge on any atom is -0.298 e. The standard InChI is InChI=1S/C16H29NO/c1-13(2)10-11-17(15-8-9-15)12-16(18)14-6-4-3-5-7-14/h13-15H,3-12H2,1-2H3. The lowest BCUT2D eigenvalue weighted by Gasteiger charge is -2.26. The van der Waals surface area contributed by atoms with Crippen LogP contribution in [0.4, 0.5) is 0 Å². The van der Waals surface area contributed by atoms with Gasteiger partial charge in [0.1, 0.15) is 5.78 Å². The molecule has 0 amide bonds. The van der Waals surface area contributed by atoms with E-state index in [0.717, 1.165) is 37.9 Å². The molecule has 0 atom stereocenters. The van der Waals surface area contributed by atoms with Gasteiger partial charge in [0.2, 0.25) is 0 Å². The first-order chi connectivity index (χ1) is 8.66. The molecule has 0 aromatic heterocycles. The molecule has 104 valence electrons. The highest BCUT2D eigenvalue weighted by Crippen LogP contribution is 2.29. The van der Waals surface area contributed by atoms with Crippen LogP contribution in [0.2, 0.25) is 0 Å². The maximum Gasteiger partial charge on any atom is 0.149 e. The van der Waals surface area contributed by atoms with Gasteiger partial charge in [-0.3, -0.25) is 9.69 Å². The van der Waals surface area contributed by atoms with E-state index in [1.165, 1.54) is 38.5 Å². The van der Waals surface area contributed by atoms with Gasteiger partial charge in [0, 0.05) is 12.0 Å². The van der Waals surface area contributed by atoms with Gasteiger partial charge in [-0.15, -0.1) is 0 Å². The molecule has 2 nitrogen and oxygen atoms in total. The lowest BCUT2D eigenvalue weighted by atomic mass is 9.86. The van der Waals surface area contributed by atoms with Gasteiger partial charge in [-0.25, -0.2) is 0 Å². The number of carbonyl (C=O) groups is 1. The fourth-order valence-corrected chi connectivity index (χ4v) is 3.01. The van der Waals surface area contributed by atoms with E-state index in [2.05, 4.69) is 18.7 Å². The Kier molecular flexibility index (Phi) is 5.23. The van der Waals surface area contributed by atoms with Crippen molar-refractivity contribution in [1.29, 1.82) is 0 Å². The molecule has 2 saturated carbocycles. The minimum atomic E-state index is 0.388. The van der Waals surface area contributed by atoms with E-state index >= 15 is 0 Å². The normalized spacial score (nSPS) is 21.8. The molecular weight excluding hydrogens is 222 g/mol. The van der Waals surface area contributed by atoms with E-state index in [1.807, 2.05) is 0 Å². The lowest BCUT2D eigenvalue weighted by Crippen LogP contribution is -2.36. The van der Waals surface area contributed by atoms with Crippen LogP contribution in [0.3, 0.4) is 0 Å². The van der Waals surface area contributed by atoms with Crippen molar-refractivity contribution in [1.82, 2.24) is 4.90 Å². The summed E-state index contributed by atoms with van der Waals surface area (Å²) >= 11 is 0. The van der Waals surface area contributed by atoms with Crippen LogP contribution in [-0.2, 0) is 4.79 Å². The zero-order chi connectivity index (χ0) is 13.0.